The molecule has 1 aliphatic heterocycles. The highest BCUT2D eigenvalue weighted by atomic mass is 16.5. The van der Waals surface area contributed by atoms with Crippen molar-refractivity contribution in [3.05, 3.63) is 17.5 Å². The van der Waals surface area contributed by atoms with Crippen LogP contribution in [0.15, 0.2) is 10.6 Å². The predicted octanol–water partition coefficient (Wildman–Crippen LogP) is 0.417. The highest BCUT2D eigenvalue weighted by molar-refractivity contribution is 5.92. The Morgan fingerprint density at radius 2 is 2.53 bits per heavy atom. The Morgan fingerprint density at radius 1 is 1.73 bits per heavy atom. The number of rotatable bonds is 2. The molecule has 1 fully saturated rings. The van der Waals surface area contributed by atoms with Gasteiger partial charge in [0.25, 0.3) is 5.91 Å². The van der Waals surface area contributed by atoms with Gasteiger partial charge in [-0.2, -0.15) is 0 Å². The third kappa shape index (κ3) is 2.36. The molecule has 0 saturated carbocycles. The molecule has 1 aromatic heterocycles. The van der Waals surface area contributed by atoms with E-state index in [4.69, 9.17) is 4.52 Å². The minimum atomic E-state index is -0.146. The van der Waals surface area contributed by atoms with Crippen molar-refractivity contribution in [2.45, 2.75) is 19.4 Å². The van der Waals surface area contributed by atoms with Crippen molar-refractivity contribution in [3.63, 3.8) is 0 Å². The van der Waals surface area contributed by atoms with Gasteiger partial charge in [-0.3, -0.25) is 4.79 Å². The number of amides is 1. The van der Waals surface area contributed by atoms with Gasteiger partial charge in [0, 0.05) is 18.7 Å². The summed E-state index contributed by atoms with van der Waals surface area (Å²) in [6.07, 6.45) is 0.999. The van der Waals surface area contributed by atoms with Gasteiger partial charge in [-0.15, -0.1) is 0 Å². The third-order valence-corrected chi connectivity index (χ3v) is 2.59. The van der Waals surface area contributed by atoms with Crippen LogP contribution in [0.1, 0.15) is 22.7 Å². The first-order valence-electron chi connectivity index (χ1n) is 5.08. The molecule has 1 aromatic rings. The molecule has 1 aliphatic rings. The molecular weight excluding hydrogens is 194 g/mol. The second-order valence-electron chi connectivity index (χ2n) is 4.04. The first-order valence-corrected chi connectivity index (χ1v) is 5.08. The van der Waals surface area contributed by atoms with E-state index < -0.39 is 0 Å². The minimum absolute atomic E-state index is 0.146. The van der Waals surface area contributed by atoms with Crippen LogP contribution in [-0.4, -0.2) is 42.1 Å². The smallest absolute Gasteiger partial charge is 0.273 e. The molecule has 2 rings (SSSR count). The highest BCUT2D eigenvalue weighted by Crippen LogP contribution is 2.08. The summed E-state index contributed by atoms with van der Waals surface area (Å²) in [6, 6.07) is 1.88. The van der Waals surface area contributed by atoms with Gasteiger partial charge >= 0.3 is 0 Å². The average molecular weight is 209 g/mol. The van der Waals surface area contributed by atoms with Crippen LogP contribution in [-0.2, 0) is 0 Å². The van der Waals surface area contributed by atoms with Crippen LogP contribution < -0.4 is 5.32 Å². The normalized spacial score (nSPS) is 21.9. The van der Waals surface area contributed by atoms with E-state index in [0.29, 0.717) is 11.5 Å². The van der Waals surface area contributed by atoms with Crippen molar-refractivity contribution in [2.24, 2.45) is 0 Å². The number of hydrogen-bond donors (Lipinski definition) is 1. The fourth-order valence-electron chi connectivity index (χ4n) is 1.79. The van der Waals surface area contributed by atoms with Gasteiger partial charge in [0.2, 0.25) is 0 Å². The molecule has 15 heavy (non-hydrogen) atoms. The molecule has 0 unspecified atom stereocenters. The first-order chi connectivity index (χ1) is 7.15. The zero-order valence-electron chi connectivity index (χ0n) is 8.99. The molecule has 0 radical (unpaired) electrons. The number of likely N-dealkylation sites (N-methyl/N-ethyl adjacent to an activating group) is 1. The summed E-state index contributed by atoms with van der Waals surface area (Å²) in [5.74, 6) is 0.510. The van der Waals surface area contributed by atoms with Gasteiger partial charge in [-0.1, -0.05) is 5.16 Å². The minimum Gasteiger partial charge on any atom is -0.361 e. The van der Waals surface area contributed by atoms with E-state index >= 15 is 0 Å². The molecule has 0 bridgehead atoms. The third-order valence-electron chi connectivity index (χ3n) is 2.59. The Labute approximate surface area is 88.4 Å². The first kappa shape index (κ1) is 10.2. The largest absolute Gasteiger partial charge is 0.361 e. The van der Waals surface area contributed by atoms with Crippen molar-refractivity contribution in [1.82, 2.24) is 15.4 Å². The molecule has 0 spiro atoms. The van der Waals surface area contributed by atoms with Crippen LogP contribution in [0.5, 0.6) is 0 Å². The summed E-state index contributed by atoms with van der Waals surface area (Å²) in [6.45, 7) is 3.71. The SMILES string of the molecule is Cc1cc(C(=O)N[C@@H]2CCN(C)C2)no1. The molecule has 5 nitrogen and oxygen atoms in total. The molecule has 82 valence electrons. The highest BCUT2D eigenvalue weighted by Gasteiger charge is 2.22. The standard InChI is InChI=1S/C10H15N3O2/c1-7-5-9(12-15-7)10(14)11-8-3-4-13(2)6-8/h5,8H,3-4,6H2,1-2H3,(H,11,14)/t8-/m1/s1. The van der Waals surface area contributed by atoms with E-state index in [1.54, 1.807) is 13.0 Å². The molecule has 2 heterocycles. The number of aryl methyl sites for hydroxylation is 1. The Kier molecular flexibility index (Phi) is 2.73. The van der Waals surface area contributed by atoms with E-state index in [0.717, 1.165) is 19.5 Å². The van der Waals surface area contributed by atoms with E-state index in [1.807, 2.05) is 7.05 Å². The fourth-order valence-corrected chi connectivity index (χ4v) is 1.79. The van der Waals surface area contributed by atoms with E-state index in [9.17, 15) is 4.79 Å². The van der Waals surface area contributed by atoms with Gasteiger partial charge < -0.3 is 14.7 Å². The predicted molar refractivity (Wildman–Crippen MR) is 54.6 cm³/mol. The number of nitrogens with zero attached hydrogens (tertiary/aromatic N) is 2. The Morgan fingerprint density at radius 3 is 3.07 bits per heavy atom. The van der Waals surface area contributed by atoms with E-state index in [2.05, 4.69) is 15.4 Å². The lowest BCUT2D eigenvalue weighted by Crippen LogP contribution is -2.36. The molecule has 5 heteroatoms. The Bertz CT molecular complexity index is 361. The lowest BCUT2D eigenvalue weighted by Gasteiger charge is -2.11. The van der Waals surface area contributed by atoms with Crippen LogP contribution >= 0.6 is 0 Å². The Balaban J connectivity index is 1.92. The zero-order chi connectivity index (χ0) is 10.8. The molecule has 0 aromatic carbocycles. The second kappa shape index (κ2) is 4.02. The number of aromatic nitrogens is 1. The van der Waals surface area contributed by atoms with Gasteiger partial charge in [0.05, 0.1) is 0 Å². The summed E-state index contributed by atoms with van der Waals surface area (Å²) >= 11 is 0. The Hall–Kier alpha value is -1.36. The number of nitrogens with one attached hydrogen (secondary N) is 1. The van der Waals surface area contributed by atoms with Crippen molar-refractivity contribution >= 4 is 5.91 Å². The quantitative estimate of drug-likeness (QED) is 0.766. The molecule has 1 amide bonds. The lowest BCUT2D eigenvalue weighted by molar-refractivity contribution is 0.0929. The summed E-state index contributed by atoms with van der Waals surface area (Å²) in [7, 11) is 2.05. The van der Waals surface area contributed by atoms with E-state index in [-0.39, 0.29) is 11.9 Å². The van der Waals surface area contributed by atoms with Gasteiger partial charge in [-0.05, 0) is 26.9 Å². The summed E-state index contributed by atoms with van der Waals surface area (Å²) in [5.41, 5.74) is 0.363. The number of hydrogen-bond acceptors (Lipinski definition) is 4. The molecular formula is C10H15N3O2. The number of carbonyl (C=O) groups excluding carboxylic acids is 1. The molecule has 0 aliphatic carbocycles. The maximum absolute atomic E-state index is 11.7. The van der Waals surface area contributed by atoms with Crippen LogP contribution in [0.2, 0.25) is 0 Å². The average Bonchev–Trinajstić information content (AvgIpc) is 2.75. The fraction of sp³-hybridized carbons (Fsp3) is 0.600. The monoisotopic (exact) mass is 209 g/mol. The van der Waals surface area contributed by atoms with Gasteiger partial charge in [0.1, 0.15) is 5.76 Å². The molecule has 1 atom stereocenters. The van der Waals surface area contributed by atoms with Crippen molar-refractivity contribution in [2.75, 3.05) is 20.1 Å². The van der Waals surface area contributed by atoms with Gasteiger partial charge in [-0.25, -0.2) is 0 Å². The lowest BCUT2D eigenvalue weighted by atomic mass is 10.2. The van der Waals surface area contributed by atoms with Crippen LogP contribution in [0.25, 0.3) is 0 Å². The van der Waals surface area contributed by atoms with Crippen LogP contribution in [0.3, 0.4) is 0 Å². The molecule has 1 N–H and O–H groups in total. The number of likely N-dealkylation sites (tertiary alicyclic amines) is 1. The van der Waals surface area contributed by atoms with Crippen molar-refractivity contribution < 1.29 is 9.32 Å². The maximum atomic E-state index is 11.7. The summed E-state index contributed by atoms with van der Waals surface area (Å²) < 4.78 is 4.85. The van der Waals surface area contributed by atoms with Crippen LogP contribution in [0.4, 0.5) is 0 Å². The number of carbonyl (C=O) groups is 1. The van der Waals surface area contributed by atoms with Crippen molar-refractivity contribution in [1.29, 1.82) is 0 Å². The maximum Gasteiger partial charge on any atom is 0.273 e. The zero-order valence-corrected chi connectivity index (χ0v) is 8.99. The van der Waals surface area contributed by atoms with E-state index in [1.165, 1.54) is 0 Å². The molecule has 1 saturated heterocycles. The second-order valence-corrected chi connectivity index (χ2v) is 4.04. The summed E-state index contributed by atoms with van der Waals surface area (Å²) in [4.78, 5) is 13.9. The summed E-state index contributed by atoms with van der Waals surface area (Å²) in [5, 5.41) is 6.61. The topological polar surface area (TPSA) is 58.4 Å². The van der Waals surface area contributed by atoms with Crippen LogP contribution in [0, 0.1) is 6.92 Å². The van der Waals surface area contributed by atoms with Crippen molar-refractivity contribution in [3.8, 4) is 0 Å². The van der Waals surface area contributed by atoms with Gasteiger partial charge in [0.15, 0.2) is 5.69 Å².